The van der Waals surface area contributed by atoms with Crippen molar-refractivity contribution in [1.29, 1.82) is 0 Å². The summed E-state index contributed by atoms with van der Waals surface area (Å²) in [6, 6.07) is 4.07. The molecule has 0 saturated carbocycles. The summed E-state index contributed by atoms with van der Waals surface area (Å²) in [4.78, 5) is 22.2. The highest BCUT2D eigenvalue weighted by Crippen LogP contribution is 2.34. The number of ether oxygens (including phenoxy) is 1. The molecule has 1 aromatic heterocycles. The highest BCUT2D eigenvalue weighted by atomic mass is 19.1. The first kappa shape index (κ1) is 15.1. The molecule has 2 aromatic rings. The van der Waals surface area contributed by atoms with E-state index in [2.05, 4.69) is 0 Å². The first-order chi connectivity index (χ1) is 11.0. The lowest BCUT2D eigenvalue weighted by molar-refractivity contribution is -0.384. The first-order valence-corrected chi connectivity index (χ1v) is 6.90. The fourth-order valence-corrected chi connectivity index (χ4v) is 2.58. The van der Waals surface area contributed by atoms with Crippen LogP contribution in [0.2, 0.25) is 0 Å². The number of benzene rings is 1. The van der Waals surface area contributed by atoms with Gasteiger partial charge in [-0.15, -0.1) is 0 Å². The quantitative estimate of drug-likeness (QED) is 0.687. The number of piperidine rings is 1. The van der Waals surface area contributed by atoms with Gasteiger partial charge in [0.05, 0.1) is 23.8 Å². The minimum absolute atomic E-state index is 0.0793. The minimum atomic E-state index is -1.52. The molecule has 0 radical (unpaired) electrons. The lowest BCUT2D eigenvalue weighted by Crippen LogP contribution is -2.48. The van der Waals surface area contributed by atoms with E-state index in [0.717, 1.165) is 4.90 Å². The van der Waals surface area contributed by atoms with Gasteiger partial charge in [0.2, 0.25) is 0 Å². The van der Waals surface area contributed by atoms with Gasteiger partial charge in [-0.3, -0.25) is 10.1 Å². The fourth-order valence-electron chi connectivity index (χ4n) is 2.58. The third kappa shape index (κ3) is 2.89. The van der Waals surface area contributed by atoms with Gasteiger partial charge in [0, 0.05) is 24.4 Å². The number of amides is 1. The molecule has 0 bridgehead atoms. The van der Waals surface area contributed by atoms with Crippen molar-refractivity contribution in [3.63, 3.8) is 0 Å². The number of rotatable bonds is 3. The second-order valence-corrected chi connectivity index (χ2v) is 5.23. The van der Waals surface area contributed by atoms with E-state index < -0.39 is 23.3 Å². The zero-order valence-corrected chi connectivity index (χ0v) is 11.8. The topological polar surface area (TPSA) is 106 Å². The van der Waals surface area contributed by atoms with E-state index in [1.807, 2.05) is 0 Å². The van der Waals surface area contributed by atoms with Crippen LogP contribution in [-0.4, -0.2) is 46.4 Å². The summed E-state index contributed by atoms with van der Waals surface area (Å²) < 4.78 is 24.9. The maximum Gasteiger partial charge on any atom is 0.407 e. The predicted octanol–water partition coefficient (Wildman–Crippen LogP) is 2.81. The molecule has 0 unspecified atom stereocenters. The maximum absolute atomic E-state index is 14.1. The molecule has 8 nitrogen and oxygen atoms in total. The Morgan fingerprint density at radius 1 is 1.52 bits per heavy atom. The molecule has 0 spiro atoms. The molecule has 2 heterocycles. The van der Waals surface area contributed by atoms with Crippen LogP contribution in [0.1, 0.15) is 6.42 Å². The lowest BCUT2D eigenvalue weighted by atomic mass is 10.1. The number of carbonyl (C=O) groups is 1. The second kappa shape index (κ2) is 5.75. The largest absolute Gasteiger partial charge is 0.483 e. The highest BCUT2D eigenvalue weighted by molar-refractivity contribution is 5.85. The van der Waals surface area contributed by atoms with E-state index in [-0.39, 0.29) is 30.9 Å². The summed E-state index contributed by atoms with van der Waals surface area (Å²) in [6.45, 7) is -0.160. The molecule has 1 amide bonds. The van der Waals surface area contributed by atoms with Gasteiger partial charge in [-0.05, 0) is 6.07 Å². The Labute approximate surface area is 129 Å². The Hall–Kier alpha value is -2.84. The fraction of sp³-hybridized carbons (Fsp3) is 0.357. The molecule has 0 aliphatic carbocycles. The molecular weight excluding hydrogens is 311 g/mol. The smallest absolute Gasteiger partial charge is 0.407 e. The van der Waals surface area contributed by atoms with Crippen LogP contribution in [0.3, 0.4) is 0 Å². The van der Waals surface area contributed by atoms with E-state index in [9.17, 15) is 19.3 Å². The normalized spacial score (nSPS) is 21.3. The number of hydrogen-bond donors (Lipinski definition) is 1. The van der Waals surface area contributed by atoms with Crippen molar-refractivity contribution in [1.82, 2.24) is 4.90 Å². The van der Waals surface area contributed by atoms with Gasteiger partial charge in [0.15, 0.2) is 17.5 Å². The van der Waals surface area contributed by atoms with Crippen molar-refractivity contribution in [3.05, 3.63) is 34.6 Å². The Kier molecular flexibility index (Phi) is 3.77. The molecule has 1 aliphatic heterocycles. The number of nitro benzene ring substituents is 1. The Morgan fingerprint density at radius 2 is 2.30 bits per heavy atom. The van der Waals surface area contributed by atoms with E-state index in [1.54, 1.807) is 6.07 Å². The molecule has 1 fully saturated rings. The number of likely N-dealkylation sites (tertiary alicyclic amines) is 1. The third-order valence-electron chi connectivity index (χ3n) is 3.74. The predicted molar refractivity (Wildman–Crippen MR) is 76.4 cm³/mol. The average Bonchev–Trinajstić information content (AvgIpc) is 2.97. The van der Waals surface area contributed by atoms with Gasteiger partial charge in [-0.2, -0.15) is 0 Å². The monoisotopic (exact) mass is 324 g/mol. The Bertz CT molecular complexity index is 761. The number of non-ortho nitro benzene ring substituents is 1. The molecule has 23 heavy (non-hydrogen) atoms. The van der Waals surface area contributed by atoms with E-state index >= 15 is 0 Å². The number of alkyl halides is 1. The van der Waals surface area contributed by atoms with Crippen LogP contribution in [0.25, 0.3) is 11.0 Å². The van der Waals surface area contributed by atoms with Crippen molar-refractivity contribution < 1.29 is 28.4 Å². The van der Waals surface area contributed by atoms with Gasteiger partial charge in [-0.25, -0.2) is 9.18 Å². The first-order valence-electron chi connectivity index (χ1n) is 6.90. The summed E-state index contributed by atoms with van der Waals surface area (Å²) in [6.07, 6.45) is -2.08. The molecule has 1 aliphatic rings. The summed E-state index contributed by atoms with van der Waals surface area (Å²) in [5, 5.41) is 20.3. The maximum atomic E-state index is 14.1. The van der Waals surface area contributed by atoms with E-state index in [1.165, 1.54) is 18.4 Å². The lowest BCUT2D eigenvalue weighted by Gasteiger charge is -2.32. The summed E-state index contributed by atoms with van der Waals surface area (Å²) in [5.41, 5.74) is 0.107. The molecule has 2 atom stereocenters. The van der Waals surface area contributed by atoms with Crippen LogP contribution in [0.5, 0.6) is 5.75 Å². The molecule has 9 heteroatoms. The van der Waals surface area contributed by atoms with Crippen LogP contribution >= 0.6 is 0 Å². The van der Waals surface area contributed by atoms with Gasteiger partial charge < -0.3 is 19.2 Å². The highest BCUT2D eigenvalue weighted by Gasteiger charge is 2.33. The summed E-state index contributed by atoms with van der Waals surface area (Å²) >= 11 is 0. The van der Waals surface area contributed by atoms with Crippen LogP contribution in [0, 0.1) is 10.1 Å². The van der Waals surface area contributed by atoms with Crippen LogP contribution in [-0.2, 0) is 0 Å². The van der Waals surface area contributed by atoms with Crippen molar-refractivity contribution in [2.45, 2.75) is 18.7 Å². The van der Waals surface area contributed by atoms with Gasteiger partial charge in [-0.1, -0.05) is 0 Å². The average molecular weight is 324 g/mol. The Balaban J connectivity index is 1.85. The van der Waals surface area contributed by atoms with Gasteiger partial charge in [0.1, 0.15) is 6.10 Å². The van der Waals surface area contributed by atoms with Crippen molar-refractivity contribution in [2.24, 2.45) is 0 Å². The number of nitro groups is 1. The number of nitrogens with zero attached hydrogens (tertiary/aromatic N) is 2. The molecule has 122 valence electrons. The van der Waals surface area contributed by atoms with Crippen molar-refractivity contribution in [3.8, 4) is 5.75 Å². The summed E-state index contributed by atoms with van der Waals surface area (Å²) in [7, 11) is 0. The SMILES string of the molecule is O=C(O)N1CC[C@H](Oc2cc([N+](=O)[O-])cc3ccoc23)[C@H](F)C1. The number of hydrogen-bond acceptors (Lipinski definition) is 5. The molecule has 3 rings (SSSR count). The van der Waals surface area contributed by atoms with Gasteiger partial charge in [0.25, 0.3) is 5.69 Å². The number of halogens is 1. The van der Waals surface area contributed by atoms with Crippen LogP contribution < -0.4 is 4.74 Å². The number of fused-ring (bicyclic) bond motifs is 1. The van der Waals surface area contributed by atoms with E-state index in [0.29, 0.717) is 11.0 Å². The molecule has 1 aromatic carbocycles. The van der Waals surface area contributed by atoms with E-state index in [4.69, 9.17) is 14.3 Å². The van der Waals surface area contributed by atoms with Crippen LogP contribution in [0.15, 0.2) is 28.9 Å². The molecule has 1 saturated heterocycles. The molecule has 1 N–H and O–H groups in total. The third-order valence-corrected chi connectivity index (χ3v) is 3.74. The summed E-state index contributed by atoms with van der Waals surface area (Å²) in [5.74, 6) is 0.0793. The number of carboxylic acid groups (broad SMARTS) is 1. The second-order valence-electron chi connectivity index (χ2n) is 5.23. The zero-order valence-electron chi connectivity index (χ0n) is 11.8. The number of furan rings is 1. The van der Waals surface area contributed by atoms with Crippen molar-refractivity contribution in [2.75, 3.05) is 13.1 Å². The zero-order chi connectivity index (χ0) is 16.6. The van der Waals surface area contributed by atoms with Crippen LogP contribution in [0.4, 0.5) is 14.9 Å². The standard InChI is InChI=1S/C14H13FN2O6/c15-10-7-16(14(18)19)3-1-11(10)23-12-6-9(17(20)21)5-8-2-4-22-13(8)12/h2,4-6,10-11H,1,3,7H2,(H,18,19)/t10-,11+/m1/s1. The Morgan fingerprint density at radius 3 is 2.96 bits per heavy atom. The van der Waals surface area contributed by atoms with Crippen molar-refractivity contribution >= 4 is 22.7 Å². The minimum Gasteiger partial charge on any atom is -0.483 e. The van der Waals surface area contributed by atoms with Gasteiger partial charge >= 0.3 is 6.09 Å². The molecular formula is C14H13FN2O6.